The molecule has 0 fully saturated rings. The number of fused-ring (bicyclic) bond motifs is 1. The highest BCUT2D eigenvalue weighted by Crippen LogP contribution is 2.08. The van der Waals surface area contributed by atoms with Gasteiger partial charge in [0.1, 0.15) is 1.37 Å². The molecule has 0 unspecified atom stereocenters. The molecule has 0 atom stereocenters. The number of aromatic nitrogens is 2. The molecule has 0 spiro atoms. The lowest BCUT2D eigenvalue weighted by Gasteiger charge is -1.90. The fraction of sp³-hybridized carbons (Fsp3) is 0.125. The van der Waals surface area contributed by atoms with Gasteiger partial charge in [-0.2, -0.15) is 0 Å². The molecule has 0 radical (unpaired) electrons. The van der Waals surface area contributed by atoms with E-state index >= 15 is 0 Å². The van der Waals surface area contributed by atoms with E-state index in [1.54, 1.807) is 4.57 Å². The second-order valence-corrected chi connectivity index (χ2v) is 2.26. The normalized spacial score (nSPS) is 11.9. The zero-order chi connectivity index (χ0) is 7.84. The molecule has 1 aromatic carbocycles. The van der Waals surface area contributed by atoms with Crippen molar-refractivity contribution in [3.05, 3.63) is 30.6 Å². The second-order valence-electron chi connectivity index (χ2n) is 2.26. The number of imidazole rings is 1. The van der Waals surface area contributed by atoms with Crippen LogP contribution >= 0.6 is 0 Å². The third kappa shape index (κ3) is 0.620. The molecular weight excluding hydrogens is 124 g/mol. The second kappa shape index (κ2) is 1.84. The molecule has 0 bridgehead atoms. The zero-order valence-corrected chi connectivity index (χ0v) is 5.70. The first kappa shape index (κ1) is 4.50. The summed E-state index contributed by atoms with van der Waals surface area (Å²) in [6.07, 6.45) is 0.311. The summed E-state index contributed by atoms with van der Waals surface area (Å²) in [4.78, 5) is 4.04. The van der Waals surface area contributed by atoms with Crippen molar-refractivity contribution < 1.29 is 1.37 Å². The first-order valence-electron chi connectivity index (χ1n) is 3.67. The van der Waals surface area contributed by atoms with Crippen LogP contribution in [0.3, 0.4) is 0 Å². The highest BCUT2D eigenvalue weighted by molar-refractivity contribution is 5.74. The van der Waals surface area contributed by atoms with Gasteiger partial charge in [-0.05, 0) is 12.1 Å². The van der Waals surface area contributed by atoms with Crippen LogP contribution in [0.4, 0.5) is 0 Å². The first-order chi connectivity index (χ1) is 5.29. The van der Waals surface area contributed by atoms with Gasteiger partial charge in [0.25, 0.3) is 0 Å². The minimum atomic E-state index is 0.311. The van der Waals surface area contributed by atoms with Crippen molar-refractivity contribution in [2.24, 2.45) is 7.05 Å². The average molecular weight is 133 g/mol. The number of hydrogen-bond acceptors (Lipinski definition) is 1. The summed E-state index contributed by atoms with van der Waals surface area (Å²) in [7, 11) is 1.84. The van der Waals surface area contributed by atoms with Crippen molar-refractivity contribution >= 4 is 11.0 Å². The molecule has 0 saturated heterocycles. The van der Waals surface area contributed by atoms with Gasteiger partial charge in [0.15, 0.2) is 0 Å². The van der Waals surface area contributed by atoms with Crippen LogP contribution in [-0.4, -0.2) is 9.55 Å². The molecule has 0 aliphatic rings. The van der Waals surface area contributed by atoms with Gasteiger partial charge in [-0.3, -0.25) is 0 Å². The third-order valence-electron chi connectivity index (χ3n) is 1.56. The Morgan fingerprint density at radius 1 is 1.50 bits per heavy atom. The van der Waals surface area contributed by atoms with Crippen LogP contribution < -0.4 is 0 Å². The van der Waals surface area contributed by atoms with Gasteiger partial charge in [-0.25, -0.2) is 4.98 Å². The van der Waals surface area contributed by atoms with E-state index in [4.69, 9.17) is 1.37 Å². The predicted octanol–water partition coefficient (Wildman–Crippen LogP) is 1.57. The van der Waals surface area contributed by atoms with E-state index in [1.807, 2.05) is 31.3 Å². The Morgan fingerprint density at radius 2 is 2.30 bits per heavy atom. The predicted molar refractivity (Wildman–Crippen MR) is 40.7 cm³/mol. The summed E-state index contributed by atoms with van der Waals surface area (Å²) in [5.74, 6) is 0. The molecule has 1 aromatic heterocycles. The highest BCUT2D eigenvalue weighted by atomic mass is 15.0. The van der Waals surface area contributed by atoms with Gasteiger partial charge in [-0.1, -0.05) is 12.1 Å². The van der Waals surface area contributed by atoms with E-state index in [-0.39, 0.29) is 0 Å². The van der Waals surface area contributed by atoms with E-state index < -0.39 is 0 Å². The van der Waals surface area contributed by atoms with Crippen molar-refractivity contribution in [1.29, 1.82) is 0 Å². The van der Waals surface area contributed by atoms with Crippen LogP contribution in [0.5, 0.6) is 0 Å². The SMILES string of the molecule is [2H]c1nc2ccccc2n1C. The quantitative estimate of drug-likeness (QED) is 0.533. The zero-order valence-electron chi connectivity index (χ0n) is 6.70. The Morgan fingerprint density at radius 3 is 3.10 bits per heavy atom. The maximum absolute atomic E-state index is 7.40. The number of nitrogens with zero attached hydrogens (tertiary/aromatic N) is 2. The molecular formula is C8H8N2. The monoisotopic (exact) mass is 133 g/mol. The van der Waals surface area contributed by atoms with Crippen LogP contribution in [0.25, 0.3) is 11.0 Å². The molecule has 2 aromatic rings. The molecule has 0 N–H and O–H groups in total. The molecule has 1 heterocycles. The van der Waals surface area contributed by atoms with Gasteiger partial charge in [0.05, 0.1) is 17.3 Å². The Kier molecular flexibility index (Phi) is 0.826. The lowest BCUT2D eigenvalue weighted by molar-refractivity contribution is 0.948. The molecule has 10 heavy (non-hydrogen) atoms. The van der Waals surface area contributed by atoms with Crippen LogP contribution in [0.15, 0.2) is 30.6 Å². The Labute approximate surface area is 60.5 Å². The number of para-hydroxylation sites is 2. The lowest BCUT2D eigenvalue weighted by Crippen LogP contribution is -1.81. The van der Waals surface area contributed by atoms with E-state index in [0.717, 1.165) is 11.0 Å². The third-order valence-corrected chi connectivity index (χ3v) is 1.56. The molecule has 0 saturated carbocycles. The molecule has 2 heteroatoms. The van der Waals surface area contributed by atoms with E-state index in [9.17, 15) is 0 Å². The van der Waals surface area contributed by atoms with Crippen LogP contribution in [0.1, 0.15) is 1.37 Å². The summed E-state index contributed by atoms with van der Waals surface area (Å²) >= 11 is 0. The van der Waals surface area contributed by atoms with Crippen LogP contribution in [-0.2, 0) is 7.05 Å². The summed E-state index contributed by atoms with van der Waals surface area (Å²) in [6.45, 7) is 0. The van der Waals surface area contributed by atoms with Crippen molar-refractivity contribution in [2.45, 2.75) is 0 Å². The fourth-order valence-corrected chi connectivity index (χ4v) is 1.03. The van der Waals surface area contributed by atoms with Crippen molar-refractivity contribution in [3.63, 3.8) is 0 Å². The molecule has 0 aliphatic carbocycles. The summed E-state index contributed by atoms with van der Waals surface area (Å²) < 4.78 is 9.16. The van der Waals surface area contributed by atoms with Gasteiger partial charge < -0.3 is 4.57 Å². The topological polar surface area (TPSA) is 17.8 Å². The molecule has 2 nitrogen and oxygen atoms in total. The van der Waals surface area contributed by atoms with E-state index in [1.165, 1.54) is 0 Å². The maximum Gasteiger partial charge on any atom is 0.104 e. The minimum Gasteiger partial charge on any atom is -0.334 e. The summed E-state index contributed by atoms with van der Waals surface area (Å²) in [6, 6.07) is 7.74. The van der Waals surface area contributed by atoms with Gasteiger partial charge >= 0.3 is 0 Å². The first-order valence-corrected chi connectivity index (χ1v) is 3.17. The van der Waals surface area contributed by atoms with Crippen LogP contribution in [0, 0.1) is 0 Å². The highest BCUT2D eigenvalue weighted by Gasteiger charge is 1.93. The Hall–Kier alpha value is -1.31. The summed E-state index contributed by atoms with van der Waals surface area (Å²) in [5.41, 5.74) is 1.90. The standard InChI is InChI=1S/C8H8N2/c1-10-6-9-7-4-2-3-5-8(7)10/h2-6H,1H3/i6D. The molecule has 50 valence electrons. The van der Waals surface area contributed by atoms with Gasteiger partial charge in [-0.15, -0.1) is 0 Å². The smallest absolute Gasteiger partial charge is 0.104 e. The number of rotatable bonds is 0. The van der Waals surface area contributed by atoms with E-state index in [0.29, 0.717) is 6.30 Å². The average Bonchev–Trinajstić information content (AvgIpc) is 2.30. The largest absolute Gasteiger partial charge is 0.334 e. The molecule has 0 amide bonds. The number of aryl methyl sites for hydroxylation is 1. The van der Waals surface area contributed by atoms with Gasteiger partial charge in [0.2, 0.25) is 0 Å². The molecule has 2 rings (SSSR count). The Balaban J connectivity index is 2.92. The fourth-order valence-electron chi connectivity index (χ4n) is 1.03. The molecule has 0 aliphatic heterocycles. The summed E-state index contributed by atoms with van der Waals surface area (Å²) in [5, 5.41) is 0. The lowest BCUT2D eigenvalue weighted by atomic mass is 10.3. The number of hydrogen-bond donors (Lipinski definition) is 0. The number of benzene rings is 1. The van der Waals surface area contributed by atoms with Crippen molar-refractivity contribution in [2.75, 3.05) is 0 Å². The van der Waals surface area contributed by atoms with Crippen molar-refractivity contribution in [1.82, 2.24) is 9.55 Å². The Bertz CT molecular complexity index is 392. The van der Waals surface area contributed by atoms with Crippen LogP contribution in [0.2, 0.25) is 0 Å². The van der Waals surface area contributed by atoms with E-state index in [2.05, 4.69) is 4.98 Å². The minimum absolute atomic E-state index is 0.311. The maximum atomic E-state index is 7.40. The van der Waals surface area contributed by atoms with Gasteiger partial charge in [0, 0.05) is 7.05 Å². The van der Waals surface area contributed by atoms with Crippen molar-refractivity contribution in [3.8, 4) is 0 Å².